The van der Waals surface area contributed by atoms with Crippen molar-refractivity contribution < 1.29 is 19.0 Å². The number of aromatic nitrogens is 1. The number of piperidine rings is 1. The van der Waals surface area contributed by atoms with Crippen LogP contribution in [0.2, 0.25) is 0 Å². The van der Waals surface area contributed by atoms with Crippen LogP contribution >= 0.6 is 0 Å². The standard InChI is InChI=1S/C25H36N4O4/c1-17(30)29-21-20(6-5-18-7-12-26-13-8-18)23(31-2)25(33-4)24(32-3)22(21)28-16-11-19-9-14-27-15-10-19/h7-8,12-13,19,27-28H,5-6,9-11,14-16H2,1-4H3,(H,29,30). The summed E-state index contributed by atoms with van der Waals surface area (Å²) in [7, 11) is 4.81. The lowest BCUT2D eigenvalue weighted by Gasteiger charge is -2.26. The summed E-state index contributed by atoms with van der Waals surface area (Å²) >= 11 is 0. The molecule has 180 valence electrons. The highest BCUT2D eigenvalue weighted by Crippen LogP contribution is 2.51. The van der Waals surface area contributed by atoms with E-state index in [9.17, 15) is 4.79 Å². The molecule has 33 heavy (non-hydrogen) atoms. The van der Waals surface area contributed by atoms with Gasteiger partial charge < -0.3 is 30.2 Å². The minimum absolute atomic E-state index is 0.157. The van der Waals surface area contributed by atoms with E-state index in [0.29, 0.717) is 35.3 Å². The third kappa shape index (κ3) is 6.28. The lowest BCUT2D eigenvalue weighted by molar-refractivity contribution is -0.114. The quantitative estimate of drug-likeness (QED) is 0.475. The molecule has 1 aromatic heterocycles. The Labute approximate surface area is 196 Å². The summed E-state index contributed by atoms with van der Waals surface area (Å²) in [4.78, 5) is 16.3. The van der Waals surface area contributed by atoms with E-state index in [2.05, 4.69) is 20.9 Å². The number of amides is 1. The Kier molecular flexibility index (Phi) is 9.18. The number of carbonyl (C=O) groups excluding carboxylic acids is 1. The van der Waals surface area contributed by atoms with Crippen molar-refractivity contribution in [2.24, 2.45) is 5.92 Å². The van der Waals surface area contributed by atoms with Gasteiger partial charge in [-0.1, -0.05) is 0 Å². The zero-order chi connectivity index (χ0) is 23.6. The largest absolute Gasteiger partial charge is 0.492 e. The van der Waals surface area contributed by atoms with Crippen LogP contribution in [0.25, 0.3) is 0 Å². The number of carbonyl (C=O) groups is 1. The first kappa shape index (κ1) is 24.6. The second-order valence-corrected chi connectivity index (χ2v) is 8.27. The highest BCUT2D eigenvalue weighted by Gasteiger charge is 2.27. The van der Waals surface area contributed by atoms with Crippen LogP contribution in [-0.2, 0) is 17.6 Å². The maximum absolute atomic E-state index is 12.2. The third-order valence-electron chi connectivity index (χ3n) is 6.10. The van der Waals surface area contributed by atoms with Gasteiger partial charge in [-0.2, -0.15) is 0 Å². The Hall–Kier alpha value is -3.00. The zero-order valence-electron chi connectivity index (χ0n) is 20.1. The molecule has 2 heterocycles. The molecule has 3 N–H and O–H groups in total. The van der Waals surface area contributed by atoms with Gasteiger partial charge in [-0.05, 0) is 68.8 Å². The second-order valence-electron chi connectivity index (χ2n) is 8.27. The van der Waals surface area contributed by atoms with Crippen LogP contribution in [-0.4, -0.2) is 51.9 Å². The lowest BCUT2D eigenvalue weighted by atomic mass is 9.94. The maximum Gasteiger partial charge on any atom is 0.221 e. The number of ether oxygens (including phenoxy) is 3. The summed E-state index contributed by atoms with van der Waals surface area (Å²) in [6, 6.07) is 3.98. The first-order valence-electron chi connectivity index (χ1n) is 11.5. The normalized spacial score (nSPS) is 13.9. The van der Waals surface area contributed by atoms with Gasteiger partial charge in [-0.3, -0.25) is 9.78 Å². The van der Waals surface area contributed by atoms with Crippen LogP contribution in [0.4, 0.5) is 11.4 Å². The summed E-state index contributed by atoms with van der Waals surface area (Å²) in [5.74, 6) is 2.13. The van der Waals surface area contributed by atoms with E-state index in [0.717, 1.165) is 49.3 Å². The summed E-state index contributed by atoms with van der Waals surface area (Å²) in [5.41, 5.74) is 3.42. The summed E-state index contributed by atoms with van der Waals surface area (Å²) < 4.78 is 17.3. The first-order chi connectivity index (χ1) is 16.1. The Morgan fingerprint density at radius 3 is 2.27 bits per heavy atom. The van der Waals surface area contributed by atoms with Gasteiger partial charge in [0.15, 0.2) is 11.5 Å². The minimum atomic E-state index is -0.157. The Bertz CT molecular complexity index is 915. The molecule has 0 aliphatic carbocycles. The predicted octanol–water partition coefficient (Wildman–Crippen LogP) is 3.65. The minimum Gasteiger partial charge on any atom is -0.492 e. The second kappa shape index (κ2) is 12.3. The first-order valence-corrected chi connectivity index (χ1v) is 11.5. The van der Waals surface area contributed by atoms with E-state index < -0.39 is 0 Å². The number of pyridine rings is 1. The molecule has 1 aliphatic heterocycles. The predicted molar refractivity (Wildman–Crippen MR) is 131 cm³/mol. The van der Waals surface area contributed by atoms with Gasteiger partial charge in [0.2, 0.25) is 11.7 Å². The van der Waals surface area contributed by atoms with Crippen molar-refractivity contribution in [1.82, 2.24) is 10.3 Å². The van der Waals surface area contributed by atoms with Crippen LogP contribution in [0.15, 0.2) is 24.5 Å². The van der Waals surface area contributed by atoms with Crippen LogP contribution in [0.3, 0.4) is 0 Å². The highest BCUT2D eigenvalue weighted by atomic mass is 16.5. The smallest absolute Gasteiger partial charge is 0.221 e. The monoisotopic (exact) mass is 456 g/mol. The van der Waals surface area contributed by atoms with Gasteiger partial charge in [0.1, 0.15) is 5.69 Å². The van der Waals surface area contributed by atoms with E-state index in [1.807, 2.05) is 12.1 Å². The molecular formula is C25H36N4O4. The van der Waals surface area contributed by atoms with Crippen molar-refractivity contribution >= 4 is 17.3 Å². The molecule has 0 atom stereocenters. The number of anilines is 2. The maximum atomic E-state index is 12.2. The Balaban J connectivity index is 1.98. The lowest BCUT2D eigenvalue weighted by Crippen LogP contribution is -2.28. The number of hydrogen-bond donors (Lipinski definition) is 3. The molecule has 3 rings (SSSR count). The molecule has 0 spiro atoms. The van der Waals surface area contributed by atoms with Crippen molar-refractivity contribution in [1.29, 1.82) is 0 Å². The van der Waals surface area contributed by atoms with Crippen LogP contribution in [0.5, 0.6) is 17.2 Å². The third-order valence-corrected chi connectivity index (χ3v) is 6.10. The fourth-order valence-corrected chi connectivity index (χ4v) is 4.44. The summed E-state index contributed by atoms with van der Waals surface area (Å²) in [5, 5.41) is 9.98. The van der Waals surface area contributed by atoms with Gasteiger partial charge >= 0.3 is 0 Å². The topological polar surface area (TPSA) is 93.7 Å². The number of nitrogens with one attached hydrogen (secondary N) is 3. The molecular weight excluding hydrogens is 420 g/mol. The van der Waals surface area contributed by atoms with Crippen molar-refractivity contribution in [3.05, 3.63) is 35.7 Å². The van der Waals surface area contributed by atoms with Crippen molar-refractivity contribution in [2.75, 3.05) is 51.6 Å². The van der Waals surface area contributed by atoms with Gasteiger partial charge in [0.25, 0.3) is 0 Å². The molecule has 1 saturated heterocycles. The molecule has 1 fully saturated rings. The average molecular weight is 457 g/mol. The molecule has 0 bridgehead atoms. The van der Waals surface area contributed by atoms with Crippen LogP contribution < -0.4 is 30.2 Å². The zero-order valence-corrected chi connectivity index (χ0v) is 20.1. The molecule has 2 aromatic rings. The van der Waals surface area contributed by atoms with Gasteiger partial charge in [0, 0.05) is 31.4 Å². The molecule has 1 aromatic carbocycles. The number of nitrogens with zero attached hydrogens (tertiary/aromatic N) is 1. The molecule has 0 saturated carbocycles. The average Bonchev–Trinajstić information content (AvgIpc) is 2.84. The molecule has 1 amide bonds. The summed E-state index contributed by atoms with van der Waals surface area (Å²) in [6.07, 6.45) is 8.38. The highest BCUT2D eigenvalue weighted by molar-refractivity contribution is 5.97. The van der Waals surface area contributed by atoms with Gasteiger partial charge in [-0.25, -0.2) is 0 Å². The van der Waals surface area contributed by atoms with Crippen LogP contribution in [0.1, 0.15) is 37.3 Å². The van der Waals surface area contributed by atoms with Crippen molar-refractivity contribution in [2.45, 2.75) is 39.0 Å². The van der Waals surface area contributed by atoms with Crippen molar-refractivity contribution in [3.63, 3.8) is 0 Å². The number of rotatable bonds is 11. The molecule has 0 unspecified atom stereocenters. The number of aryl methyl sites for hydroxylation is 1. The van der Waals surface area contributed by atoms with E-state index in [-0.39, 0.29) is 5.91 Å². The number of hydrogen-bond acceptors (Lipinski definition) is 7. The molecule has 8 heteroatoms. The van der Waals surface area contributed by atoms with E-state index in [1.54, 1.807) is 33.7 Å². The fourth-order valence-electron chi connectivity index (χ4n) is 4.44. The van der Waals surface area contributed by atoms with Gasteiger partial charge in [-0.15, -0.1) is 0 Å². The van der Waals surface area contributed by atoms with E-state index in [1.165, 1.54) is 19.8 Å². The SMILES string of the molecule is COc1c(CCc2ccncc2)c(NC(C)=O)c(NCCC2CCNCC2)c(OC)c1OC. The molecule has 0 radical (unpaired) electrons. The fraction of sp³-hybridized carbons (Fsp3) is 0.520. The van der Waals surface area contributed by atoms with Gasteiger partial charge in [0.05, 0.1) is 27.0 Å². The van der Waals surface area contributed by atoms with E-state index >= 15 is 0 Å². The van der Waals surface area contributed by atoms with Crippen molar-refractivity contribution in [3.8, 4) is 17.2 Å². The van der Waals surface area contributed by atoms with E-state index in [4.69, 9.17) is 14.2 Å². The number of benzene rings is 1. The Morgan fingerprint density at radius 2 is 1.67 bits per heavy atom. The van der Waals surface area contributed by atoms with Crippen LogP contribution in [0, 0.1) is 5.92 Å². The molecule has 8 nitrogen and oxygen atoms in total. The summed E-state index contributed by atoms with van der Waals surface area (Å²) in [6.45, 7) is 4.42. The molecule has 1 aliphatic rings. The number of methoxy groups -OCH3 is 3. The Morgan fingerprint density at radius 1 is 1.00 bits per heavy atom.